The summed E-state index contributed by atoms with van der Waals surface area (Å²) in [6.07, 6.45) is 3.07. The van der Waals surface area contributed by atoms with Gasteiger partial charge in [0.15, 0.2) is 11.5 Å². The maximum Gasteiger partial charge on any atom is 0.314 e. The first-order valence-electron chi connectivity index (χ1n) is 5.96. The smallest absolute Gasteiger partial charge is 0.314 e. The summed E-state index contributed by atoms with van der Waals surface area (Å²) >= 11 is 6.05. The van der Waals surface area contributed by atoms with Gasteiger partial charge in [-0.25, -0.2) is 0 Å². The van der Waals surface area contributed by atoms with Crippen LogP contribution in [-0.2, 0) is 10.2 Å². The number of hydrogen-bond acceptors (Lipinski definition) is 3. The van der Waals surface area contributed by atoms with E-state index >= 15 is 0 Å². The van der Waals surface area contributed by atoms with E-state index in [1.165, 1.54) is 0 Å². The summed E-state index contributed by atoms with van der Waals surface area (Å²) in [5.41, 5.74) is -0.213. The zero-order valence-corrected chi connectivity index (χ0v) is 10.5. The van der Waals surface area contributed by atoms with Crippen molar-refractivity contribution in [1.29, 1.82) is 0 Å². The van der Waals surface area contributed by atoms with Crippen molar-refractivity contribution in [1.82, 2.24) is 0 Å². The molecular weight excluding hydrogens is 256 g/mol. The molecule has 0 radical (unpaired) electrons. The molecule has 2 aliphatic rings. The Hall–Kier alpha value is -1.42. The number of hydrogen-bond donors (Lipinski definition) is 1. The number of benzene rings is 1. The van der Waals surface area contributed by atoms with Crippen LogP contribution in [0.4, 0.5) is 0 Å². The van der Waals surface area contributed by atoms with E-state index in [-0.39, 0.29) is 6.79 Å². The lowest BCUT2D eigenvalue weighted by atomic mass is 9.78. The van der Waals surface area contributed by atoms with Crippen molar-refractivity contribution in [2.24, 2.45) is 0 Å². The van der Waals surface area contributed by atoms with Crippen LogP contribution in [0.3, 0.4) is 0 Å². The van der Waals surface area contributed by atoms with Gasteiger partial charge < -0.3 is 14.6 Å². The molecule has 3 rings (SSSR count). The number of carboxylic acid groups (broad SMARTS) is 1. The molecule has 1 aromatic carbocycles. The Balaban J connectivity index is 2.19. The molecule has 0 bridgehead atoms. The van der Waals surface area contributed by atoms with Gasteiger partial charge in [0.2, 0.25) is 6.79 Å². The van der Waals surface area contributed by atoms with Gasteiger partial charge in [0.1, 0.15) is 0 Å². The van der Waals surface area contributed by atoms with E-state index in [0.29, 0.717) is 34.9 Å². The van der Waals surface area contributed by atoms with Crippen LogP contribution in [-0.4, -0.2) is 17.9 Å². The molecule has 0 aromatic heterocycles. The molecule has 0 spiro atoms. The lowest BCUT2D eigenvalue weighted by Gasteiger charge is -2.25. The van der Waals surface area contributed by atoms with Gasteiger partial charge in [0, 0.05) is 16.7 Å². The highest BCUT2D eigenvalue weighted by atomic mass is 35.5. The summed E-state index contributed by atoms with van der Waals surface area (Å²) in [6.45, 7) is 0.123. The molecule has 1 saturated carbocycles. The maximum atomic E-state index is 11.7. The third-order valence-corrected chi connectivity index (χ3v) is 4.04. The van der Waals surface area contributed by atoms with Gasteiger partial charge in [-0.2, -0.15) is 0 Å². The molecule has 0 amide bonds. The molecule has 1 fully saturated rings. The Bertz CT molecular complexity index is 506. The Morgan fingerprint density at radius 2 is 2.00 bits per heavy atom. The maximum absolute atomic E-state index is 11.7. The molecule has 96 valence electrons. The molecule has 5 heteroatoms. The first kappa shape index (κ1) is 11.7. The van der Waals surface area contributed by atoms with Crippen molar-refractivity contribution in [2.75, 3.05) is 6.79 Å². The zero-order valence-electron chi connectivity index (χ0n) is 9.74. The lowest BCUT2D eigenvalue weighted by molar-refractivity contribution is -0.143. The topological polar surface area (TPSA) is 55.8 Å². The van der Waals surface area contributed by atoms with Crippen molar-refractivity contribution in [3.8, 4) is 11.5 Å². The van der Waals surface area contributed by atoms with Crippen LogP contribution in [0, 0.1) is 0 Å². The third kappa shape index (κ3) is 1.56. The number of carbonyl (C=O) groups is 1. The highest BCUT2D eigenvalue weighted by molar-refractivity contribution is 6.31. The van der Waals surface area contributed by atoms with Crippen LogP contribution in [0.25, 0.3) is 0 Å². The van der Waals surface area contributed by atoms with E-state index in [2.05, 4.69) is 0 Å². The second-order valence-corrected chi connectivity index (χ2v) is 5.22. The number of aliphatic carboxylic acids is 1. The highest BCUT2D eigenvalue weighted by Crippen LogP contribution is 2.50. The van der Waals surface area contributed by atoms with Crippen LogP contribution in [0.1, 0.15) is 31.2 Å². The Morgan fingerprint density at radius 3 is 2.67 bits per heavy atom. The summed E-state index contributed by atoms with van der Waals surface area (Å²) in [5.74, 6) is 0.286. The summed E-state index contributed by atoms with van der Waals surface area (Å²) < 4.78 is 10.7. The van der Waals surface area contributed by atoms with E-state index < -0.39 is 11.4 Å². The SMILES string of the molecule is O=C(O)C1(c2cc(Cl)cc3c2OCO3)CCCC1. The molecule has 0 atom stereocenters. The van der Waals surface area contributed by atoms with Crippen molar-refractivity contribution in [2.45, 2.75) is 31.1 Å². The van der Waals surface area contributed by atoms with Gasteiger partial charge in [-0.05, 0) is 18.9 Å². The molecule has 0 saturated heterocycles. The Morgan fingerprint density at radius 1 is 1.28 bits per heavy atom. The average Bonchev–Trinajstić information content (AvgIpc) is 2.96. The fourth-order valence-electron chi connectivity index (χ4n) is 2.91. The monoisotopic (exact) mass is 268 g/mol. The standard InChI is InChI=1S/C13H13ClO4/c14-8-5-9(11-10(6-8)17-7-18-11)13(12(15)16)3-1-2-4-13/h5-6H,1-4,7H2,(H,15,16). The van der Waals surface area contributed by atoms with Crippen LogP contribution >= 0.6 is 11.6 Å². The number of halogens is 1. The number of carboxylic acids is 1. The van der Waals surface area contributed by atoms with E-state index in [0.717, 1.165) is 12.8 Å². The van der Waals surface area contributed by atoms with Crippen molar-refractivity contribution < 1.29 is 19.4 Å². The summed E-state index contributed by atoms with van der Waals surface area (Å²) in [7, 11) is 0. The number of rotatable bonds is 2. The van der Waals surface area contributed by atoms with Gasteiger partial charge in [-0.3, -0.25) is 4.79 Å². The predicted molar refractivity (Wildman–Crippen MR) is 65.4 cm³/mol. The quantitative estimate of drug-likeness (QED) is 0.896. The molecule has 1 aliphatic carbocycles. The van der Waals surface area contributed by atoms with E-state index in [9.17, 15) is 9.90 Å². The molecular formula is C13H13ClO4. The van der Waals surface area contributed by atoms with Crippen LogP contribution < -0.4 is 9.47 Å². The van der Waals surface area contributed by atoms with Crippen molar-refractivity contribution >= 4 is 17.6 Å². The predicted octanol–water partition coefficient (Wildman–Crippen LogP) is 2.97. The fourth-order valence-corrected chi connectivity index (χ4v) is 3.12. The van der Waals surface area contributed by atoms with Gasteiger partial charge in [-0.1, -0.05) is 24.4 Å². The molecule has 18 heavy (non-hydrogen) atoms. The zero-order chi connectivity index (χ0) is 12.8. The lowest BCUT2D eigenvalue weighted by Crippen LogP contribution is -2.32. The fraction of sp³-hybridized carbons (Fsp3) is 0.462. The molecule has 0 unspecified atom stereocenters. The molecule has 1 N–H and O–H groups in total. The normalized spacial score (nSPS) is 20.1. The van der Waals surface area contributed by atoms with Crippen LogP contribution in [0.15, 0.2) is 12.1 Å². The van der Waals surface area contributed by atoms with Crippen LogP contribution in [0.2, 0.25) is 5.02 Å². The average molecular weight is 269 g/mol. The number of ether oxygens (including phenoxy) is 2. The second-order valence-electron chi connectivity index (χ2n) is 4.78. The second kappa shape index (κ2) is 4.05. The molecule has 1 heterocycles. The Labute approximate surface area is 109 Å². The third-order valence-electron chi connectivity index (χ3n) is 3.82. The highest BCUT2D eigenvalue weighted by Gasteiger charge is 2.46. The van der Waals surface area contributed by atoms with Gasteiger partial charge in [-0.15, -0.1) is 0 Å². The van der Waals surface area contributed by atoms with Gasteiger partial charge in [0.05, 0.1) is 5.41 Å². The van der Waals surface area contributed by atoms with Crippen LogP contribution in [0.5, 0.6) is 11.5 Å². The molecule has 1 aromatic rings. The first-order chi connectivity index (χ1) is 8.63. The van der Waals surface area contributed by atoms with Gasteiger partial charge >= 0.3 is 5.97 Å². The minimum Gasteiger partial charge on any atom is -0.481 e. The van der Waals surface area contributed by atoms with E-state index in [1.54, 1.807) is 12.1 Å². The minimum atomic E-state index is -0.872. The first-order valence-corrected chi connectivity index (χ1v) is 6.34. The summed E-state index contributed by atoms with van der Waals surface area (Å²) in [4.78, 5) is 11.7. The minimum absolute atomic E-state index is 0.123. The Kier molecular flexibility index (Phi) is 2.63. The van der Waals surface area contributed by atoms with Crippen molar-refractivity contribution in [3.63, 3.8) is 0 Å². The molecule has 4 nitrogen and oxygen atoms in total. The van der Waals surface area contributed by atoms with Gasteiger partial charge in [0.25, 0.3) is 0 Å². The molecule has 1 aliphatic heterocycles. The summed E-state index contributed by atoms with van der Waals surface area (Å²) in [6, 6.07) is 3.37. The van der Waals surface area contributed by atoms with E-state index in [1.807, 2.05) is 0 Å². The summed E-state index contributed by atoms with van der Waals surface area (Å²) in [5, 5.41) is 10.1. The largest absolute Gasteiger partial charge is 0.481 e. The number of fused-ring (bicyclic) bond motifs is 1. The van der Waals surface area contributed by atoms with Crippen molar-refractivity contribution in [3.05, 3.63) is 22.7 Å². The van der Waals surface area contributed by atoms with E-state index in [4.69, 9.17) is 21.1 Å².